The lowest BCUT2D eigenvalue weighted by atomic mass is 9.94. The monoisotopic (exact) mass is 395 g/mol. The van der Waals surface area contributed by atoms with Gasteiger partial charge in [0, 0.05) is 29.3 Å². The molecule has 0 fully saturated rings. The number of hydrogen-bond donors (Lipinski definition) is 3. The Kier molecular flexibility index (Phi) is 4.61. The Bertz CT molecular complexity index is 1070. The lowest BCUT2D eigenvalue weighted by molar-refractivity contribution is 0.318. The Hall–Kier alpha value is -3.00. The van der Waals surface area contributed by atoms with Crippen LogP contribution in [0.15, 0.2) is 28.0 Å². The summed E-state index contributed by atoms with van der Waals surface area (Å²) in [4.78, 5) is 0. The molecule has 0 aliphatic heterocycles. The molecule has 0 spiro atoms. The van der Waals surface area contributed by atoms with E-state index in [1.165, 1.54) is 16.9 Å². The quantitative estimate of drug-likeness (QED) is 0.266. The van der Waals surface area contributed by atoms with E-state index in [0.717, 1.165) is 6.07 Å². The summed E-state index contributed by atoms with van der Waals surface area (Å²) < 4.78 is 35.5. The molecule has 2 heterocycles. The van der Waals surface area contributed by atoms with Crippen LogP contribution in [0.25, 0.3) is 22.3 Å². The van der Waals surface area contributed by atoms with Crippen LogP contribution in [-0.2, 0) is 7.05 Å². The van der Waals surface area contributed by atoms with Crippen LogP contribution in [0, 0.1) is 25.5 Å². The summed E-state index contributed by atoms with van der Waals surface area (Å²) >= 11 is 6.43. The number of nitrogens with zero attached hydrogens (tertiary/aromatic N) is 2. The molecule has 6 nitrogen and oxygen atoms in total. The molecule has 0 bridgehead atoms. The number of oxime groups is 1. The van der Waals surface area contributed by atoms with Crippen molar-refractivity contribution in [3.63, 3.8) is 0 Å². The van der Waals surface area contributed by atoms with Crippen LogP contribution < -0.4 is 5.73 Å². The Balaban J connectivity index is 2.52. The first kappa shape index (κ1) is 18.8. The number of phenolic OH excluding ortho intramolecular Hbond substituents is 1. The van der Waals surface area contributed by atoms with E-state index in [1.807, 2.05) is 0 Å². The number of phenols is 1. The average molecular weight is 396 g/mol. The van der Waals surface area contributed by atoms with E-state index in [9.17, 15) is 19.1 Å². The summed E-state index contributed by atoms with van der Waals surface area (Å²) in [7, 11) is 1.54. The molecule has 0 aliphatic rings. The second-order valence-electron chi connectivity index (χ2n) is 6.04. The van der Waals surface area contributed by atoms with Gasteiger partial charge in [0.25, 0.3) is 0 Å². The van der Waals surface area contributed by atoms with Crippen molar-refractivity contribution in [1.29, 1.82) is 0 Å². The number of rotatable bonds is 3. The van der Waals surface area contributed by atoms with Gasteiger partial charge in [0.2, 0.25) is 5.82 Å². The second kappa shape index (κ2) is 6.62. The van der Waals surface area contributed by atoms with Crippen molar-refractivity contribution in [1.82, 2.24) is 4.57 Å². The third kappa shape index (κ3) is 2.73. The number of halogens is 3. The third-order valence-electron chi connectivity index (χ3n) is 4.41. The maximum absolute atomic E-state index is 14.6. The molecular formula is C18H16ClF2N3O3. The van der Waals surface area contributed by atoms with Gasteiger partial charge in [-0.15, -0.1) is 0 Å². The SMILES string of the molecule is Cc1coc(C)c1-c1c(-c2ccc(O)c(F)c2F)c(Cl)n(C)c1/C(N)=N/O. The fourth-order valence-corrected chi connectivity index (χ4v) is 3.45. The average Bonchev–Trinajstić information content (AvgIpc) is 3.09. The second-order valence-corrected chi connectivity index (χ2v) is 6.40. The Morgan fingerprint density at radius 1 is 1.19 bits per heavy atom. The molecule has 0 amide bonds. The number of benzene rings is 1. The first-order chi connectivity index (χ1) is 12.7. The van der Waals surface area contributed by atoms with Gasteiger partial charge in [-0.1, -0.05) is 16.8 Å². The van der Waals surface area contributed by atoms with Crippen molar-refractivity contribution in [3.05, 3.63) is 52.2 Å². The summed E-state index contributed by atoms with van der Waals surface area (Å²) in [6.45, 7) is 3.46. The number of aromatic hydroxyl groups is 1. The fraction of sp³-hybridized carbons (Fsp3) is 0.167. The van der Waals surface area contributed by atoms with Gasteiger partial charge >= 0.3 is 0 Å². The zero-order valence-corrected chi connectivity index (χ0v) is 15.4. The third-order valence-corrected chi connectivity index (χ3v) is 4.86. The van der Waals surface area contributed by atoms with Gasteiger partial charge in [-0.3, -0.25) is 0 Å². The first-order valence-electron chi connectivity index (χ1n) is 7.79. The largest absolute Gasteiger partial charge is 0.505 e. The number of hydrogen-bond acceptors (Lipinski definition) is 4. The van der Waals surface area contributed by atoms with Crippen molar-refractivity contribution in [3.8, 4) is 28.0 Å². The van der Waals surface area contributed by atoms with E-state index >= 15 is 0 Å². The molecule has 0 unspecified atom stereocenters. The van der Waals surface area contributed by atoms with Gasteiger partial charge in [-0.2, -0.15) is 4.39 Å². The highest BCUT2D eigenvalue weighted by atomic mass is 35.5. The highest BCUT2D eigenvalue weighted by Crippen LogP contribution is 2.46. The highest BCUT2D eigenvalue weighted by Gasteiger charge is 2.30. The van der Waals surface area contributed by atoms with Crippen molar-refractivity contribution < 1.29 is 23.5 Å². The number of aromatic nitrogens is 1. The number of aryl methyl sites for hydroxylation is 2. The molecule has 3 rings (SSSR count). The van der Waals surface area contributed by atoms with Gasteiger partial charge in [0.05, 0.1) is 12.0 Å². The molecule has 1 aromatic carbocycles. The minimum Gasteiger partial charge on any atom is -0.505 e. The van der Waals surface area contributed by atoms with Gasteiger partial charge in [0.15, 0.2) is 17.4 Å². The molecule has 9 heteroatoms. The maximum atomic E-state index is 14.6. The summed E-state index contributed by atoms with van der Waals surface area (Å²) in [5.74, 6) is -3.27. The zero-order chi connectivity index (χ0) is 20.0. The van der Waals surface area contributed by atoms with Crippen LogP contribution in [0.2, 0.25) is 5.15 Å². The van der Waals surface area contributed by atoms with Crippen LogP contribution in [0.3, 0.4) is 0 Å². The van der Waals surface area contributed by atoms with Gasteiger partial charge < -0.3 is 25.0 Å². The first-order valence-corrected chi connectivity index (χ1v) is 8.16. The molecule has 27 heavy (non-hydrogen) atoms. The van der Waals surface area contributed by atoms with Crippen LogP contribution in [0.4, 0.5) is 8.78 Å². The van der Waals surface area contributed by atoms with Crippen LogP contribution in [-0.4, -0.2) is 20.7 Å². The van der Waals surface area contributed by atoms with E-state index < -0.39 is 17.4 Å². The van der Waals surface area contributed by atoms with E-state index in [-0.39, 0.29) is 27.8 Å². The lowest BCUT2D eigenvalue weighted by Crippen LogP contribution is -2.18. The number of amidine groups is 1. The van der Waals surface area contributed by atoms with E-state index in [4.69, 9.17) is 21.8 Å². The number of nitrogens with two attached hydrogens (primary N) is 1. The van der Waals surface area contributed by atoms with E-state index in [0.29, 0.717) is 22.5 Å². The molecule has 0 atom stereocenters. The molecule has 142 valence electrons. The summed E-state index contributed by atoms with van der Waals surface area (Å²) in [5.41, 5.74) is 7.57. The molecule has 3 aromatic rings. The molecular weight excluding hydrogens is 380 g/mol. The van der Waals surface area contributed by atoms with Crippen LogP contribution >= 0.6 is 11.6 Å². The maximum Gasteiger partial charge on any atom is 0.200 e. The molecule has 0 saturated heterocycles. The van der Waals surface area contributed by atoms with E-state index in [1.54, 1.807) is 20.9 Å². The summed E-state index contributed by atoms with van der Waals surface area (Å²) in [6.07, 6.45) is 1.50. The minimum absolute atomic E-state index is 0.0376. The summed E-state index contributed by atoms with van der Waals surface area (Å²) in [6, 6.07) is 2.23. The van der Waals surface area contributed by atoms with E-state index in [2.05, 4.69) is 5.16 Å². The highest BCUT2D eigenvalue weighted by molar-refractivity contribution is 6.34. The van der Waals surface area contributed by atoms with Crippen molar-refractivity contribution in [2.45, 2.75) is 13.8 Å². The number of furan rings is 1. The van der Waals surface area contributed by atoms with Crippen LogP contribution in [0.1, 0.15) is 17.0 Å². The zero-order valence-electron chi connectivity index (χ0n) is 14.6. The van der Waals surface area contributed by atoms with Gasteiger partial charge in [-0.05, 0) is 31.5 Å². The van der Waals surface area contributed by atoms with Gasteiger partial charge in [0.1, 0.15) is 10.9 Å². The van der Waals surface area contributed by atoms with Crippen molar-refractivity contribution in [2.75, 3.05) is 0 Å². The summed E-state index contributed by atoms with van der Waals surface area (Å²) in [5, 5.41) is 21.7. The molecule has 2 aromatic heterocycles. The Morgan fingerprint density at radius 3 is 2.41 bits per heavy atom. The smallest absolute Gasteiger partial charge is 0.200 e. The molecule has 0 radical (unpaired) electrons. The minimum atomic E-state index is -1.40. The Morgan fingerprint density at radius 2 is 1.85 bits per heavy atom. The Labute approximate surface area is 158 Å². The lowest BCUT2D eigenvalue weighted by Gasteiger charge is -2.10. The fourth-order valence-electron chi connectivity index (χ4n) is 3.17. The standard InChI is InChI=1S/C18H16ClF2N3O3/c1-7-6-27-8(2)11(7)13-12(9-4-5-10(25)15(21)14(9)20)17(19)24(3)16(13)18(22)23-26/h4-6,25-26H,1-3H3,(H2,22,23). The topological polar surface area (TPSA) is 96.9 Å². The van der Waals surface area contributed by atoms with Crippen molar-refractivity contribution >= 4 is 17.4 Å². The van der Waals surface area contributed by atoms with Gasteiger partial charge in [-0.25, -0.2) is 4.39 Å². The predicted octanol–water partition coefficient (Wildman–Crippen LogP) is 4.30. The normalized spacial score (nSPS) is 12.0. The van der Waals surface area contributed by atoms with Crippen molar-refractivity contribution in [2.24, 2.45) is 17.9 Å². The predicted molar refractivity (Wildman–Crippen MR) is 97.1 cm³/mol. The molecule has 0 aliphatic carbocycles. The molecule has 0 saturated carbocycles. The van der Waals surface area contributed by atoms with Crippen LogP contribution in [0.5, 0.6) is 5.75 Å². The molecule has 4 N–H and O–H groups in total.